The second kappa shape index (κ2) is 4.46. The third-order valence-corrected chi connectivity index (χ3v) is 2.20. The van der Waals surface area contributed by atoms with Crippen LogP contribution >= 0.6 is 0 Å². The molecule has 1 heterocycles. The van der Waals surface area contributed by atoms with Gasteiger partial charge in [-0.2, -0.15) is 0 Å². The highest BCUT2D eigenvalue weighted by Crippen LogP contribution is 2.08. The summed E-state index contributed by atoms with van der Waals surface area (Å²) in [5, 5.41) is 2.94. The number of carbonyl (C=O) groups excluding carboxylic acids is 1. The summed E-state index contributed by atoms with van der Waals surface area (Å²) in [6, 6.07) is 0.429. The van der Waals surface area contributed by atoms with Gasteiger partial charge in [0.25, 0.3) is 0 Å². The second-order valence-electron chi connectivity index (χ2n) is 3.82. The molecule has 0 aromatic rings. The SMILES string of the molecule is CCCC1CN(CC(C)N)C(=O)N1. The molecule has 0 aromatic heterocycles. The van der Waals surface area contributed by atoms with Crippen LogP contribution in [-0.4, -0.2) is 36.1 Å². The number of nitrogens with two attached hydrogens (primary N) is 1. The Morgan fingerprint density at radius 3 is 3.00 bits per heavy atom. The van der Waals surface area contributed by atoms with Gasteiger partial charge in [-0.15, -0.1) is 0 Å². The maximum absolute atomic E-state index is 11.4. The first-order valence-corrected chi connectivity index (χ1v) is 4.94. The van der Waals surface area contributed by atoms with Gasteiger partial charge in [0.1, 0.15) is 0 Å². The van der Waals surface area contributed by atoms with Crippen LogP contribution in [0.3, 0.4) is 0 Å². The predicted molar refractivity (Wildman–Crippen MR) is 52.5 cm³/mol. The lowest BCUT2D eigenvalue weighted by Crippen LogP contribution is -2.37. The van der Waals surface area contributed by atoms with E-state index in [0.717, 1.165) is 19.4 Å². The van der Waals surface area contributed by atoms with E-state index < -0.39 is 0 Å². The Bertz CT molecular complexity index is 182. The monoisotopic (exact) mass is 185 g/mol. The third kappa shape index (κ3) is 2.88. The summed E-state index contributed by atoms with van der Waals surface area (Å²) in [5.41, 5.74) is 5.63. The summed E-state index contributed by atoms with van der Waals surface area (Å²) in [6.45, 7) is 5.51. The third-order valence-electron chi connectivity index (χ3n) is 2.20. The van der Waals surface area contributed by atoms with Crippen molar-refractivity contribution in [2.75, 3.05) is 13.1 Å². The van der Waals surface area contributed by atoms with Gasteiger partial charge in [-0.3, -0.25) is 0 Å². The molecule has 4 nitrogen and oxygen atoms in total. The standard InChI is InChI=1S/C9H19N3O/c1-3-4-8-6-12(5-7(2)10)9(13)11-8/h7-8H,3-6,10H2,1-2H3,(H,11,13). The number of nitrogens with one attached hydrogen (secondary N) is 1. The molecule has 0 spiro atoms. The highest BCUT2D eigenvalue weighted by atomic mass is 16.2. The van der Waals surface area contributed by atoms with Crippen LogP contribution in [0.2, 0.25) is 0 Å². The van der Waals surface area contributed by atoms with Crippen LogP contribution in [0.5, 0.6) is 0 Å². The first-order chi connectivity index (χ1) is 6.13. The molecule has 0 radical (unpaired) electrons. The van der Waals surface area contributed by atoms with Crippen molar-refractivity contribution in [1.29, 1.82) is 0 Å². The molecule has 2 unspecified atom stereocenters. The molecule has 2 atom stereocenters. The molecule has 76 valence electrons. The molecule has 1 rings (SSSR count). The maximum atomic E-state index is 11.4. The average molecular weight is 185 g/mol. The van der Waals surface area contributed by atoms with E-state index in [4.69, 9.17) is 5.73 Å². The zero-order valence-corrected chi connectivity index (χ0v) is 8.42. The van der Waals surface area contributed by atoms with Crippen molar-refractivity contribution in [2.45, 2.75) is 38.8 Å². The zero-order valence-electron chi connectivity index (χ0n) is 8.42. The molecule has 1 fully saturated rings. The lowest BCUT2D eigenvalue weighted by molar-refractivity contribution is 0.215. The number of amides is 2. The normalized spacial score (nSPS) is 24.7. The number of urea groups is 1. The van der Waals surface area contributed by atoms with Gasteiger partial charge in [-0.25, -0.2) is 4.79 Å². The minimum atomic E-state index is 0.0377. The number of carbonyl (C=O) groups is 1. The van der Waals surface area contributed by atoms with Gasteiger partial charge in [0.15, 0.2) is 0 Å². The first kappa shape index (κ1) is 10.3. The molecule has 4 heteroatoms. The van der Waals surface area contributed by atoms with Gasteiger partial charge in [-0.1, -0.05) is 13.3 Å². The summed E-state index contributed by atoms with van der Waals surface area (Å²) in [5.74, 6) is 0. The van der Waals surface area contributed by atoms with E-state index in [1.165, 1.54) is 0 Å². The van der Waals surface area contributed by atoms with Crippen molar-refractivity contribution in [3.63, 3.8) is 0 Å². The van der Waals surface area contributed by atoms with Crippen LogP contribution in [0.1, 0.15) is 26.7 Å². The molecule has 0 saturated carbocycles. The van der Waals surface area contributed by atoms with E-state index in [0.29, 0.717) is 12.6 Å². The molecule has 2 amide bonds. The first-order valence-electron chi connectivity index (χ1n) is 4.94. The Balaban J connectivity index is 2.37. The van der Waals surface area contributed by atoms with E-state index >= 15 is 0 Å². The van der Waals surface area contributed by atoms with Gasteiger partial charge in [0.2, 0.25) is 0 Å². The number of rotatable bonds is 4. The summed E-state index contributed by atoms with van der Waals surface area (Å²) in [4.78, 5) is 13.2. The van der Waals surface area contributed by atoms with Gasteiger partial charge in [0.05, 0.1) is 0 Å². The highest BCUT2D eigenvalue weighted by molar-refractivity contribution is 5.76. The highest BCUT2D eigenvalue weighted by Gasteiger charge is 2.27. The topological polar surface area (TPSA) is 58.4 Å². The van der Waals surface area contributed by atoms with E-state index in [1.54, 1.807) is 4.90 Å². The largest absolute Gasteiger partial charge is 0.333 e. The van der Waals surface area contributed by atoms with Gasteiger partial charge in [-0.05, 0) is 13.3 Å². The number of hydrogen-bond donors (Lipinski definition) is 2. The molecule has 1 aliphatic heterocycles. The fourth-order valence-corrected chi connectivity index (χ4v) is 1.68. The van der Waals surface area contributed by atoms with Crippen molar-refractivity contribution in [1.82, 2.24) is 10.2 Å². The van der Waals surface area contributed by atoms with E-state index in [9.17, 15) is 4.79 Å². The van der Waals surface area contributed by atoms with Gasteiger partial charge < -0.3 is 16.0 Å². The van der Waals surface area contributed by atoms with Crippen LogP contribution in [0.15, 0.2) is 0 Å². The summed E-state index contributed by atoms with van der Waals surface area (Å²) < 4.78 is 0. The summed E-state index contributed by atoms with van der Waals surface area (Å²) >= 11 is 0. The Kier molecular flexibility index (Phi) is 3.54. The molecular weight excluding hydrogens is 166 g/mol. The molecule has 0 bridgehead atoms. The van der Waals surface area contributed by atoms with Crippen LogP contribution in [-0.2, 0) is 0 Å². The fourth-order valence-electron chi connectivity index (χ4n) is 1.68. The van der Waals surface area contributed by atoms with Crippen LogP contribution in [0.4, 0.5) is 4.79 Å². The quantitative estimate of drug-likeness (QED) is 0.671. The van der Waals surface area contributed by atoms with Gasteiger partial charge >= 0.3 is 6.03 Å². The Morgan fingerprint density at radius 1 is 1.77 bits per heavy atom. The smallest absolute Gasteiger partial charge is 0.317 e. The molecule has 0 aromatic carbocycles. The Morgan fingerprint density at radius 2 is 2.46 bits per heavy atom. The van der Waals surface area contributed by atoms with Crippen molar-refractivity contribution < 1.29 is 4.79 Å². The number of nitrogens with zero attached hydrogens (tertiary/aromatic N) is 1. The van der Waals surface area contributed by atoms with E-state index in [-0.39, 0.29) is 12.1 Å². The molecular formula is C9H19N3O. The van der Waals surface area contributed by atoms with Crippen molar-refractivity contribution in [2.24, 2.45) is 5.73 Å². The fraction of sp³-hybridized carbons (Fsp3) is 0.889. The minimum absolute atomic E-state index is 0.0377. The maximum Gasteiger partial charge on any atom is 0.317 e. The van der Waals surface area contributed by atoms with Crippen molar-refractivity contribution >= 4 is 6.03 Å². The Labute approximate surface area is 79.5 Å². The second-order valence-corrected chi connectivity index (χ2v) is 3.82. The molecule has 1 saturated heterocycles. The summed E-state index contributed by atoms with van der Waals surface area (Å²) in [7, 11) is 0. The predicted octanol–water partition coefficient (Wildman–Crippen LogP) is 0.528. The van der Waals surface area contributed by atoms with Crippen molar-refractivity contribution in [3.8, 4) is 0 Å². The molecule has 0 aliphatic carbocycles. The van der Waals surface area contributed by atoms with Crippen LogP contribution in [0.25, 0.3) is 0 Å². The lowest BCUT2D eigenvalue weighted by Gasteiger charge is -2.16. The van der Waals surface area contributed by atoms with Crippen LogP contribution in [0, 0.1) is 0 Å². The number of hydrogen-bond acceptors (Lipinski definition) is 2. The molecule has 13 heavy (non-hydrogen) atoms. The Hall–Kier alpha value is -0.770. The lowest BCUT2D eigenvalue weighted by atomic mass is 10.2. The molecule has 3 N–H and O–H groups in total. The average Bonchev–Trinajstić information content (AvgIpc) is 2.31. The van der Waals surface area contributed by atoms with Crippen molar-refractivity contribution in [3.05, 3.63) is 0 Å². The summed E-state index contributed by atoms with van der Waals surface area (Å²) in [6.07, 6.45) is 2.16. The van der Waals surface area contributed by atoms with E-state index in [1.807, 2.05) is 6.92 Å². The van der Waals surface area contributed by atoms with Crippen LogP contribution < -0.4 is 11.1 Å². The minimum Gasteiger partial charge on any atom is -0.333 e. The van der Waals surface area contributed by atoms with E-state index in [2.05, 4.69) is 12.2 Å². The zero-order chi connectivity index (χ0) is 9.84. The van der Waals surface area contributed by atoms with Gasteiger partial charge in [0, 0.05) is 25.2 Å². The molecule has 1 aliphatic rings.